The van der Waals surface area contributed by atoms with Crippen LogP contribution in [0.2, 0.25) is 0 Å². The second-order valence-corrected chi connectivity index (χ2v) is 11.8. The molecule has 2 aromatic rings. The number of carbonyl (C=O) groups excluding carboxylic acids is 1. The smallest absolute Gasteiger partial charge is 0.192 e. The minimum absolute atomic E-state index is 0.0371. The third kappa shape index (κ3) is 2.48. The summed E-state index contributed by atoms with van der Waals surface area (Å²) in [7, 11) is 0. The van der Waals surface area contributed by atoms with Crippen LogP contribution in [0.5, 0.6) is 0 Å². The minimum Gasteiger partial charge on any atom is -0.358 e. The molecule has 1 aromatic carbocycles. The van der Waals surface area contributed by atoms with Crippen LogP contribution in [0.15, 0.2) is 35.9 Å². The van der Waals surface area contributed by atoms with Gasteiger partial charge < -0.3 is 14.5 Å². The molecule has 1 aromatic heterocycles. The number of benzene rings is 1. The van der Waals surface area contributed by atoms with E-state index < -0.39 is 17.5 Å². The maximum atomic E-state index is 12.5. The molecule has 1 saturated heterocycles. The van der Waals surface area contributed by atoms with Gasteiger partial charge in [-0.25, -0.2) is 0 Å². The monoisotopic (exact) mass is 433 g/mol. The fraction of sp³-hybridized carbons (Fsp3) is 0.607. The maximum absolute atomic E-state index is 12.5. The van der Waals surface area contributed by atoms with Gasteiger partial charge in [-0.2, -0.15) is 0 Å². The van der Waals surface area contributed by atoms with E-state index >= 15 is 0 Å². The second-order valence-electron chi connectivity index (χ2n) is 11.8. The lowest BCUT2D eigenvalue weighted by Gasteiger charge is -2.53. The molecule has 2 fully saturated rings. The normalized spacial score (nSPS) is 39.8. The fourth-order valence-corrected chi connectivity index (χ4v) is 7.63. The molecule has 0 amide bonds. The molecule has 1 saturated carbocycles. The van der Waals surface area contributed by atoms with Crippen molar-refractivity contribution >= 4 is 16.7 Å². The van der Waals surface area contributed by atoms with Gasteiger partial charge >= 0.3 is 0 Å². The van der Waals surface area contributed by atoms with E-state index in [4.69, 9.17) is 9.47 Å². The van der Waals surface area contributed by atoms with E-state index in [1.807, 2.05) is 20.8 Å². The number of ether oxygens (including phenoxy) is 2. The Morgan fingerprint density at radius 2 is 1.91 bits per heavy atom. The number of H-pyrrole nitrogens is 1. The first kappa shape index (κ1) is 20.7. The molecule has 0 unspecified atom stereocenters. The number of ketones is 1. The largest absolute Gasteiger partial charge is 0.358 e. The second kappa shape index (κ2) is 6.36. The topological polar surface area (TPSA) is 51.3 Å². The number of aromatic amines is 1. The predicted octanol–water partition coefficient (Wildman–Crippen LogP) is 5.99. The first-order valence-electron chi connectivity index (χ1n) is 12.3. The van der Waals surface area contributed by atoms with Crippen molar-refractivity contribution in [1.29, 1.82) is 0 Å². The van der Waals surface area contributed by atoms with Crippen LogP contribution in [0.3, 0.4) is 0 Å². The molecule has 1 N–H and O–H groups in total. The molecule has 4 nitrogen and oxygen atoms in total. The molecule has 4 heteroatoms. The number of fused-ring (bicyclic) bond motifs is 7. The van der Waals surface area contributed by atoms with Gasteiger partial charge in [-0.15, -0.1) is 0 Å². The standard InChI is InChI=1S/C28H35NO3/c1-17-15-22(30)24-25(2,3)32-28(17,31-24)14-13-26(4)12-8-9-18-16-20-19-10-6-7-11-21(19)29-23(20)27(18,26)5/h6-7,10-11,15,18,24,29H,8-9,12-14,16H2,1-5H3/t18-,24-,26+,27+,28-/m0/s1. The van der Waals surface area contributed by atoms with E-state index in [1.54, 1.807) is 6.08 Å². The first-order valence-corrected chi connectivity index (χ1v) is 12.3. The van der Waals surface area contributed by atoms with Crippen molar-refractivity contribution in [3.63, 3.8) is 0 Å². The van der Waals surface area contributed by atoms with Gasteiger partial charge in [-0.05, 0) is 81.1 Å². The van der Waals surface area contributed by atoms with Crippen molar-refractivity contribution in [2.75, 3.05) is 0 Å². The van der Waals surface area contributed by atoms with Crippen LogP contribution in [-0.2, 0) is 26.1 Å². The number of para-hydroxylation sites is 1. The Balaban J connectivity index is 1.37. The SMILES string of the molecule is CC1=CC(=O)[C@@H]2O[C@@]1(CC[C@@]1(C)CCC[C@H]3Cc4c([nH]c5ccccc45)[C@@]31C)OC2(C)C. The zero-order chi connectivity index (χ0) is 22.5. The van der Waals surface area contributed by atoms with E-state index in [2.05, 4.69) is 43.1 Å². The lowest BCUT2D eigenvalue weighted by molar-refractivity contribution is -0.174. The Labute approximate surface area is 190 Å². The van der Waals surface area contributed by atoms with E-state index in [0.717, 1.165) is 18.4 Å². The van der Waals surface area contributed by atoms with Crippen LogP contribution in [0.1, 0.15) is 78.0 Å². The molecule has 0 radical (unpaired) electrons. The van der Waals surface area contributed by atoms with Gasteiger partial charge in [-0.3, -0.25) is 4.79 Å². The third-order valence-electron chi connectivity index (χ3n) is 9.73. The highest BCUT2D eigenvalue weighted by atomic mass is 16.8. The minimum atomic E-state index is -0.768. The Morgan fingerprint density at radius 1 is 1.12 bits per heavy atom. The molecule has 32 heavy (non-hydrogen) atoms. The lowest BCUT2D eigenvalue weighted by atomic mass is 9.52. The van der Waals surface area contributed by atoms with Crippen LogP contribution in [0.25, 0.3) is 10.9 Å². The van der Waals surface area contributed by atoms with Crippen molar-refractivity contribution in [2.45, 2.75) is 96.1 Å². The Hall–Kier alpha value is -1.91. The molecule has 3 heterocycles. The van der Waals surface area contributed by atoms with E-state index in [9.17, 15) is 4.79 Å². The van der Waals surface area contributed by atoms with Crippen LogP contribution in [-0.4, -0.2) is 28.3 Å². The summed E-state index contributed by atoms with van der Waals surface area (Å²) in [6, 6.07) is 8.77. The number of carbonyl (C=O) groups is 1. The third-order valence-corrected chi connectivity index (χ3v) is 9.73. The van der Waals surface area contributed by atoms with Crippen LogP contribution < -0.4 is 0 Å². The molecule has 2 bridgehead atoms. The zero-order valence-corrected chi connectivity index (χ0v) is 20.0. The van der Waals surface area contributed by atoms with Crippen molar-refractivity contribution in [3.8, 4) is 0 Å². The van der Waals surface area contributed by atoms with Crippen molar-refractivity contribution in [3.05, 3.63) is 47.2 Å². The first-order chi connectivity index (χ1) is 15.1. The summed E-state index contributed by atoms with van der Waals surface area (Å²) < 4.78 is 12.9. The molecule has 6 rings (SSSR count). The van der Waals surface area contributed by atoms with Crippen LogP contribution >= 0.6 is 0 Å². The molecule has 2 aliphatic carbocycles. The highest BCUT2D eigenvalue weighted by Gasteiger charge is 2.61. The summed E-state index contributed by atoms with van der Waals surface area (Å²) >= 11 is 0. The lowest BCUT2D eigenvalue weighted by Crippen LogP contribution is -2.49. The van der Waals surface area contributed by atoms with Gasteiger partial charge in [0, 0.05) is 28.4 Å². The molecule has 4 aliphatic rings. The Bertz CT molecular complexity index is 1160. The molecule has 5 atom stereocenters. The maximum Gasteiger partial charge on any atom is 0.192 e. The summed E-state index contributed by atoms with van der Waals surface area (Å²) in [5.74, 6) is -0.0603. The molecule has 170 valence electrons. The van der Waals surface area contributed by atoms with Crippen LogP contribution in [0, 0.1) is 11.3 Å². The quantitative estimate of drug-likeness (QED) is 0.647. The summed E-state index contributed by atoms with van der Waals surface area (Å²) in [5.41, 5.74) is 4.82. The number of nitrogens with one attached hydrogen (secondary N) is 1. The Morgan fingerprint density at radius 3 is 2.72 bits per heavy atom. The summed E-state index contributed by atoms with van der Waals surface area (Å²) in [4.78, 5) is 16.4. The van der Waals surface area contributed by atoms with Crippen LogP contribution in [0.4, 0.5) is 0 Å². The summed E-state index contributed by atoms with van der Waals surface area (Å²) in [6.45, 7) is 11.0. The molecular formula is C28H35NO3. The van der Waals surface area contributed by atoms with Gasteiger partial charge in [0.15, 0.2) is 17.7 Å². The van der Waals surface area contributed by atoms with Gasteiger partial charge in [0.25, 0.3) is 0 Å². The number of hydrogen-bond donors (Lipinski definition) is 1. The van der Waals surface area contributed by atoms with E-state index in [-0.39, 0.29) is 16.6 Å². The highest BCUT2D eigenvalue weighted by Crippen LogP contribution is 2.63. The number of hydrogen-bond acceptors (Lipinski definition) is 3. The van der Waals surface area contributed by atoms with E-state index in [0.29, 0.717) is 5.92 Å². The average Bonchev–Trinajstić information content (AvgIpc) is 3.33. The number of rotatable bonds is 3. The highest BCUT2D eigenvalue weighted by molar-refractivity contribution is 5.96. The van der Waals surface area contributed by atoms with Crippen molar-refractivity contribution in [2.24, 2.45) is 11.3 Å². The van der Waals surface area contributed by atoms with Gasteiger partial charge in [0.05, 0.1) is 0 Å². The van der Waals surface area contributed by atoms with Gasteiger partial charge in [0.1, 0.15) is 5.60 Å². The fourth-order valence-electron chi connectivity index (χ4n) is 7.63. The predicted molar refractivity (Wildman–Crippen MR) is 126 cm³/mol. The van der Waals surface area contributed by atoms with Crippen molar-refractivity contribution in [1.82, 2.24) is 4.98 Å². The van der Waals surface area contributed by atoms with Gasteiger partial charge in [-0.1, -0.05) is 38.5 Å². The molecule has 0 spiro atoms. The van der Waals surface area contributed by atoms with Crippen molar-refractivity contribution < 1.29 is 14.3 Å². The number of aromatic nitrogens is 1. The summed E-state index contributed by atoms with van der Waals surface area (Å²) in [6.07, 6.45) is 8.01. The van der Waals surface area contributed by atoms with E-state index in [1.165, 1.54) is 47.8 Å². The average molecular weight is 434 g/mol. The van der Waals surface area contributed by atoms with Gasteiger partial charge in [0.2, 0.25) is 0 Å². The summed E-state index contributed by atoms with van der Waals surface area (Å²) in [5, 5.41) is 1.40. The molecular weight excluding hydrogens is 398 g/mol. The zero-order valence-electron chi connectivity index (χ0n) is 20.0. The Kier molecular flexibility index (Phi) is 4.11. The molecule has 2 aliphatic heterocycles.